The first kappa shape index (κ1) is 17.0. The maximum absolute atomic E-state index is 9.17. The number of aryl methyl sites for hydroxylation is 2. The van der Waals surface area contributed by atoms with Crippen LogP contribution in [0.1, 0.15) is 75.9 Å². The highest BCUT2D eigenvalue weighted by molar-refractivity contribution is 6.86. The molecular formula is C46H45BO3Si. The van der Waals surface area contributed by atoms with Crippen molar-refractivity contribution in [1.29, 1.82) is 0 Å². The molecule has 0 radical (unpaired) electrons. The van der Waals surface area contributed by atoms with Gasteiger partial charge in [0, 0.05) is 67.1 Å². The molecule has 8 rings (SSSR count). The van der Waals surface area contributed by atoms with Crippen LogP contribution in [0.15, 0.2) is 109 Å². The lowest BCUT2D eigenvalue weighted by Gasteiger charge is -2.35. The summed E-state index contributed by atoms with van der Waals surface area (Å²) in [7, 11) is -3.27. The quantitative estimate of drug-likeness (QED) is 0.172. The van der Waals surface area contributed by atoms with Crippen LogP contribution in [0.2, 0.25) is 19.8 Å². The van der Waals surface area contributed by atoms with E-state index in [0.717, 1.165) is 24.3 Å². The second kappa shape index (κ2) is 12.1. The predicted molar refractivity (Wildman–Crippen MR) is 216 cm³/mol. The van der Waals surface area contributed by atoms with E-state index in [0.29, 0.717) is 5.19 Å². The van der Waals surface area contributed by atoms with E-state index < -0.39 is 124 Å². The van der Waals surface area contributed by atoms with E-state index >= 15 is 0 Å². The topological polar surface area (TPSA) is 27.7 Å². The van der Waals surface area contributed by atoms with Crippen molar-refractivity contribution >= 4 is 25.9 Å². The second-order valence-corrected chi connectivity index (χ2v) is 16.9. The zero-order chi connectivity index (χ0) is 53.3. The van der Waals surface area contributed by atoms with Crippen molar-refractivity contribution in [3.63, 3.8) is 0 Å². The van der Waals surface area contributed by atoms with Crippen LogP contribution in [0.25, 0.3) is 33.4 Å². The van der Waals surface area contributed by atoms with E-state index in [9.17, 15) is 4.11 Å². The highest BCUT2D eigenvalue weighted by atomic mass is 28.4. The van der Waals surface area contributed by atoms with Crippen LogP contribution in [-0.2, 0) is 5.41 Å². The summed E-state index contributed by atoms with van der Waals surface area (Å²) in [6, 6.07) is 24.4. The number of ether oxygens (including phenoxy) is 1. The van der Waals surface area contributed by atoms with E-state index in [1.807, 2.05) is 0 Å². The van der Waals surface area contributed by atoms with Crippen molar-refractivity contribution in [2.24, 2.45) is 0 Å². The molecule has 0 saturated carbocycles. The number of benzene rings is 6. The van der Waals surface area contributed by atoms with E-state index in [1.165, 1.54) is 60.7 Å². The van der Waals surface area contributed by atoms with Crippen LogP contribution < -0.4 is 24.5 Å². The van der Waals surface area contributed by atoms with E-state index in [-0.39, 0.29) is 39.4 Å². The fraction of sp³-hybridized carbons (Fsp3) is 0.217. The molecule has 6 aromatic rings. The Bertz CT molecular complexity index is 3110. The van der Waals surface area contributed by atoms with Crippen LogP contribution in [0, 0.1) is 27.4 Å². The van der Waals surface area contributed by atoms with Gasteiger partial charge in [-0.05, 0) is 104 Å². The van der Waals surface area contributed by atoms with E-state index in [4.69, 9.17) is 38.5 Å². The van der Waals surface area contributed by atoms with Crippen LogP contribution in [-0.4, -0.2) is 15.2 Å². The number of hydrogen-bond acceptors (Lipinski definition) is 3. The van der Waals surface area contributed by atoms with Gasteiger partial charge in [-0.25, -0.2) is 0 Å². The predicted octanol–water partition coefficient (Wildman–Crippen LogP) is 11.1. The molecule has 2 aliphatic heterocycles. The molecule has 51 heavy (non-hydrogen) atoms. The molecule has 0 unspecified atom stereocenters. The molecule has 5 heteroatoms. The fourth-order valence-corrected chi connectivity index (χ4v) is 9.19. The average molecular weight is 706 g/mol. The van der Waals surface area contributed by atoms with Gasteiger partial charge in [-0.2, -0.15) is 0 Å². The van der Waals surface area contributed by atoms with Gasteiger partial charge in [0.05, 0.1) is 0 Å². The first-order valence-electron chi connectivity index (χ1n) is 26.8. The Morgan fingerprint density at radius 3 is 1.88 bits per heavy atom. The maximum atomic E-state index is 9.17. The van der Waals surface area contributed by atoms with E-state index in [1.54, 1.807) is 37.4 Å². The van der Waals surface area contributed by atoms with Gasteiger partial charge < -0.3 is 13.8 Å². The van der Waals surface area contributed by atoms with Gasteiger partial charge in [0.2, 0.25) is 0 Å². The normalized spacial score (nSPS) is 22.9. The Morgan fingerprint density at radius 2 is 1.22 bits per heavy atom. The first-order chi connectivity index (χ1) is 32.9. The van der Waals surface area contributed by atoms with Gasteiger partial charge in [-0.1, -0.05) is 111 Å². The Hall–Kier alpha value is -5.00. The number of para-hydroxylation sites is 4. The highest BCUT2D eigenvalue weighted by Gasteiger charge is 2.38. The van der Waals surface area contributed by atoms with Crippen molar-refractivity contribution in [2.45, 2.75) is 66.4 Å². The molecule has 0 amide bonds. The summed E-state index contributed by atoms with van der Waals surface area (Å²) in [5, 5.41) is 0.537. The summed E-state index contributed by atoms with van der Waals surface area (Å²) in [6.45, 7) is -20.6. The third kappa shape index (κ3) is 5.24. The Kier molecular flexibility index (Phi) is 4.02. The number of hydrogen-bond donors (Lipinski definition) is 0. The summed E-state index contributed by atoms with van der Waals surface area (Å²) in [5.74, 6) is -0.648. The third-order valence-corrected chi connectivity index (χ3v) is 12.1. The standard InChI is InChI=1S/C46H45BO3Si/c1-28-24-26-32(30(3)42(28)34-16-14-19-37-44(34)48-39-21-11-10-18-36(39)46(37,5)6)33-27-25-29(2)43(31(33)4)35-17-15-20-38-45(35)50-51(8,9)41-23-13-12-22-40(41)49-47(38)7/h10-27H,1-9H3/i1D3,2D3,3D3,4D3,5D3,6D3,7D3. The fourth-order valence-electron chi connectivity index (χ4n) is 7.11. The minimum Gasteiger partial charge on any atom is -0.556 e. The molecule has 0 aliphatic carbocycles. The molecule has 2 aliphatic rings. The van der Waals surface area contributed by atoms with Crippen molar-refractivity contribution in [1.82, 2.24) is 0 Å². The average Bonchev–Trinajstić information content (AvgIpc) is 3.23. The third-order valence-electron chi connectivity index (χ3n) is 9.63. The number of rotatable bonds is 3. The molecule has 3 nitrogen and oxygen atoms in total. The van der Waals surface area contributed by atoms with Gasteiger partial charge in [0.1, 0.15) is 23.0 Å². The van der Waals surface area contributed by atoms with Gasteiger partial charge in [-0.3, -0.25) is 0 Å². The summed E-state index contributed by atoms with van der Waals surface area (Å²) in [4.78, 5) is 0. The minimum absolute atomic E-state index is 0.0610. The van der Waals surface area contributed by atoms with Gasteiger partial charge in [0.25, 0.3) is 8.32 Å². The smallest absolute Gasteiger partial charge is 0.392 e. The molecule has 0 fully saturated rings. The van der Waals surface area contributed by atoms with E-state index in [2.05, 4.69) is 0 Å². The lowest BCUT2D eigenvalue weighted by molar-refractivity contribution is 0.419. The molecule has 0 saturated heterocycles. The van der Waals surface area contributed by atoms with Crippen molar-refractivity contribution < 1.29 is 42.6 Å². The first-order valence-corrected chi connectivity index (χ1v) is 19.2. The lowest BCUT2D eigenvalue weighted by Crippen LogP contribution is -2.53. The zero-order valence-corrected chi connectivity index (χ0v) is 28.7. The molecule has 0 N–H and O–H groups in total. The number of fused-ring (bicyclic) bond motifs is 4. The molecule has 2 heterocycles. The van der Waals surface area contributed by atoms with Crippen molar-refractivity contribution in [2.75, 3.05) is 0 Å². The van der Waals surface area contributed by atoms with Gasteiger partial charge >= 0.3 is 6.92 Å². The van der Waals surface area contributed by atoms with Crippen LogP contribution in [0.3, 0.4) is 0 Å². The molecule has 254 valence electrons. The maximum Gasteiger partial charge on any atom is 0.392 e. The summed E-state index contributed by atoms with van der Waals surface area (Å²) in [6.07, 6.45) is 0. The van der Waals surface area contributed by atoms with Crippen LogP contribution in [0.5, 0.6) is 23.0 Å². The van der Waals surface area contributed by atoms with Gasteiger partial charge in [-0.15, -0.1) is 0 Å². The highest BCUT2D eigenvalue weighted by Crippen LogP contribution is 2.52. The Balaban J connectivity index is 1.53. The minimum atomic E-state index is -3.38. The SMILES string of the molecule is [2H]C([2H])([2H])B1Oc2ccccc2[Si](C)(C)Oc2c1cccc2-c1c(C([2H])([2H])[2H])ccc(-c2ccc(C([2H])([2H])[2H])c(-c3cccc4c3Oc3ccccc3C4(C([2H])([2H])[2H])C([2H])([2H])[2H])c2C([2H])([2H])[2H])c1C([2H])([2H])[2H]. The van der Waals surface area contributed by atoms with Crippen molar-refractivity contribution in [3.05, 3.63) is 143 Å². The lowest BCUT2D eigenvalue weighted by atomic mass is 9.62. The molecule has 0 bridgehead atoms. The summed E-state index contributed by atoms with van der Waals surface area (Å²) >= 11 is 0. The Labute approximate surface area is 334 Å². The monoisotopic (exact) mass is 705 g/mol. The van der Waals surface area contributed by atoms with Gasteiger partial charge in [0.15, 0.2) is 0 Å². The molecule has 6 aromatic carbocycles. The molecule has 0 aromatic heterocycles. The zero-order valence-electron chi connectivity index (χ0n) is 48.7. The van der Waals surface area contributed by atoms with Crippen LogP contribution >= 0.6 is 0 Å². The van der Waals surface area contributed by atoms with Crippen LogP contribution in [0.4, 0.5) is 0 Å². The second-order valence-electron chi connectivity index (χ2n) is 13.2. The summed E-state index contributed by atoms with van der Waals surface area (Å²) in [5.41, 5.74) is -8.57. The molecular weight excluding hydrogens is 639 g/mol. The van der Waals surface area contributed by atoms with Crippen molar-refractivity contribution in [3.8, 4) is 56.4 Å². The Morgan fingerprint density at radius 1 is 0.588 bits per heavy atom. The molecule has 0 spiro atoms. The molecule has 0 atom stereocenters. The largest absolute Gasteiger partial charge is 0.556 e. The summed E-state index contributed by atoms with van der Waals surface area (Å²) < 4.78 is 206.